The number of rotatable bonds is 2. The molecule has 0 unspecified atom stereocenters. The van der Waals surface area contributed by atoms with Crippen LogP contribution in [0, 0.1) is 16.7 Å². The number of nitrogens with zero attached hydrogens (tertiary/aromatic N) is 2. The van der Waals surface area contributed by atoms with E-state index < -0.39 is 5.41 Å². The Balaban J connectivity index is 2.28. The van der Waals surface area contributed by atoms with Gasteiger partial charge in [0.1, 0.15) is 5.41 Å². The van der Waals surface area contributed by atoms with E-state index in [9.17, 15) is 4.79 Å². The Morgan fingerprint density at radius 1 is 1.39 bits per heavy atom. The molecule has 0 fully saturated rings. The van der Waals surface area contributed by atoms with Crippen molar-refractivity contribution in [2.24, 2.45) is 5.41 Å². The van der Waals surface area contributed by atoms with Gasteiger partial charge in [-0.2, -0.15) is 5.26 Å². The normalized spacial score (nSPS) is 10.9. The van der Waals surface area contributed by atoms with E-state index in [0.29, 0.717) is 5.69 Å². The maximum atomic E-state index is 11.8. The summed E-state index contributed by atoms with van der Waals surface area (Å²) in [4.78, 5) is 16.1. The van der Waals surface area contributed by atoms with Gasteiger partial charge in [-0.15, -0.1) is 0 Å². The molecule has 4 nitrogen and oxygen atoms in total. The second-order valence-corrected chi connectivity index (χ2v) is 4.61. The molecule has 90 valence electrons. The second-order valence-electron chi connectivity index (χ2n) is 4.61. The summed E-state index contributed by atoms with van der Waals surface area (Å²) >= 11 is 0. The number of para-hydroxylation sites is 1. The molecule has 0 atom stereocenters. The van der Waals surface area contributed by atoms with Crippen molar-refractivity contribution < 1.29 is 4.79 Å². The molecule has 1 heterocycles. The minimum absolute atomic E-state index is 0.331. The predicted octanol–water partition coefficient (Wildman–Crippen LogP) is 2.72. The summed E-state index contributed by atoms with van der Waals surface area (Å²) in [5.41, 5.74) is 0.420. The number of hydrogen-bond acceptors (Lipinski definition) is 3. The molecule has 2 rings (SSSR count). The highest BCUT2D eigenvalue weighted by Gasteiger charge is 2.27. The first kappa shape index (κ1) is 12.1. The molecule has 0 radical (unpaired) electrons. The first-order valence-electron chi connectivity index (χ1n) is 5.60. The zero-order valence-electron chi connectivity index (χ0n) is 10.3. The fourth-order valence-corrected chi connectivity index (χ4v) is 1.48. The van der Waals surface area contributed by atoms with Crippen LogP contribution in [0.3, 0.4) is 0 Å². The Morgan fingerprint density at radius 2 is 2.11 bits per heavy atom. The average molecular weight is 239 g/mol. The lowest BCUT2D eigenvalue weighted by Crippen LogP contribution is -2.29. The molecule has 0 aliphatic heterocycles. The number of nitrogens with one attached hydrogen (secondary N) is 1. The summed E-state index contributed by atoms with van der Waals surface area (Å²) < 4.78 is 0. The number of benzene rings is 1. The third-order valence-corrected chi connectivity index (χ3v) is 2.70. The van der Waals surface area contributed by atoms with E-state index in [2.05, 4.69) is 10.3 Å². The van der Waals surface area contributed by atoms with Crippen LogP contribution in [0.4, 0.5) is 5.69 Å². The van der Waals surface area contributed by atoms with E-state index >= 15 is 0 Å². The maximum Gasteiger partial charge on any atom is 0.244 e. The highest BCUT2D eigenvalue weighted by Crippen LogP contribution is 2.20. The molecule has 1 aromatic carbocycles. The van der Waals surface area contributed by atoms with Crippen LogP contribution in [0.1, 0.15) is 13.8 Å². The standard InChI is InChI=1S/C14H13N3O/c1-14(2,9-15)13(18)17-11-7-10-5-3-4-6-12(10)16-8-11/h3-8H,1-2H3,(H,17,18). The van der Waals surface area contributed by atoms with Crippen LogP contribution in [-0.4, -0.2) is 10.9 Å². The molecule has 0 bridgehead atoms. The highest BCUT2D eigenvalue weighted by atomic mass is 16.2. The first-order valence-corrected chi connectivity index (χ1v) is 5.60. The van der Waals surface area contributed by atoms with Gasteiger partial charge in [-0.1, -0.05) is 18.2 Å². The average Bonchev–Trinajstić information content (AvgIpc) is 2.38. The number of carbonyl (C=O) groups is 1. The Bertz CT molecular complexity index is 641. The van der Waals surface area contributed by atoms with Crippen LogP contribution in [0.2, 0.25) is 0 Å². The molecule has 1 amide bonds. The number of aromatic nitrogens is 1. The summed E-state index contributed by atoms with van der Waals surface area (Å²) in [6, 6.07) is 11.5. The van der Waals surface area contributed by atoms with Gasteiger partial charge in [0.2, 0.25) is 5.91 Å². The number of carbonyl (C=O) groups excluding carboxylic acids is 1. The van der Waals surface area contributed by atoms with Gasteiger partial charge in [0.05, 0.1) is 23.5 Å². The molecule has 0 spiro atoms. The van der Waals surface area contributed by atoms with E-state index in [0.717, 1.165) is 10.9 Å². The Hall–Kier alpha value is -2.41. The summed E-state index contributed by atoms with van der Waals surface area (Å²) in [5, 5.41) is 12.5. The number of hydrogen-bond donors (Lipinski definition) is 1. The molecule has 0 saturated heterocycles. The van der Waals surface area contributed by atoms with E-state index in [-0.39, 0.29) is 5.91 Å². The van der Waals surface area contributed by atoms with Crippen LogP contribution >= 0.6 is 0 Å². The molecule has 0 aliphatic rings. The zero-order chi connectivity index (χ0) is 13.2. The van der Waals surface area contributed by atoms with Gasteiger partial charge in [-0.25, -0.2) is 0 Å². The highest BCUT2D eigenvalue weighted by molar-refractivity contribution is 5.97. The molecule has 0 saturated carbocycles. The van der Waals surface area contributed by atoms with Gasteiger partial charge >= 0.3 is 0 Å². The molecular formula is C14H13N3O. The van der Waals surface area contributed by atoms with Crippen molar-refractivity contribution in [3.63, 3.8) is 0 Å². The van der Waals surface area contributed by atoms with E-state index in [1.165, 1.54) is 0 Å². The first-order chi connectivity index (χ1) is 8.53. The SMILES string of the molecule is CC(C)(C#N)C(=O)Nc1cnc2ccccc2c1. The fourth-order valence-electron chi connectivity index (χ4n) is 1.48. The Labute approximate surface area is 105 Å². The van der Waals surface area contributed by atoms with Crippen molar-refractivity contribution in [3.05, 3.63) is 36.5 Å². The van der Waals surface area contributed by atoms with Crippen molar-refractivity contribution >= 4 is 22.5 Å². The molecular weight excluding hydrogens is 226 g/mol. The number of fused-ring (bicyclic) bond motifs is 1. The van der Waals surface area contributed by atoms with Gasteiger partial charge in [-0.05, 0) is 26.0 Å². The Kier molecular flexibility index (Phi) is 2.99. The Morgan fingerprint density at radius 3 is 2.83 bits per heavy atom. The number of amides is 1. The van der Waals surface area contributed by atoms with Crippen molar-refractivity contribution in [2.45, 2.75) is 13.8 Å². The molecule has 18 heavy (non-hydrogen) atoms. The van der Waals surface area contributed by atoms with Gasteiger partial charge in [0, 0.05) is 5.39 Å². The lowest BCUT2D eigenvalue weighted by molar-refractivity contribution is -0.121. The number of anilines is 1. The van der Waals surface area contributed by atoms with Crippen LogP contribution in [0.5, 0.6) is 0 Å². The van der Waals surface area contributed by atoms with Crippen molar-refractivity contribution in [1.29, 1.82) is 5.26 Å². The quantitative estimate of drug-likeness (QED) is 0.876. The van der Waals surface area contributed by atoms with Crippen molar-refractivity contribution in [2.75, 3.05) is 5.32 Å². The minimum Gasteiger partial charge on any atom is -0.323 e. The molecule has 2 aromatic rings. The van der Waals surface area contributed by atoms with Crippen molar-refractivity contribution in [1.82, 2.24) is 4.98 Å². The smallest absolute Gasteiger partial charge is 0.244 e. The lowest BCUT2D eigenvalue weighted by atomic mass is 9.95. The largest absolute Gasteiger partial charge is 0.323 e. The fraction of sp³-hybridized carbons (Fsp3) is 0.214. The van der Waals surface area contributed by atoms with Gasteiger partial charge in [-0.3, -0.25) is 9.78 Å². The van der Waals surface area contributed by atoms with Crippen LogP contribution in [-0.2, 0) is 4.79 Å². The summed E-state index contributed by atoms with van der Waals surface area (Å²) in [6.07, 6.45) is 1.59. The topological polar surface area (TPSA) is 65.8 Å². The zero-order valence-corrected chi connectivity index (χ0v) is 10.3. The summed E-state index contributed by atoms with van der Waals surface area (Å²) in [7, 11) is 0. The second kappa shape index (κ2) is 4.46. The van der Waals surface area contributed by atoms with Gasteiger partial charge in [0.25, 0.3) is 0 Å². The van der Waals surface area contributed by atoms with E-state index in [1.807, 2.05) is 36.4 Å². The minimum atomic E-state index is -1.05. The van der Waals surface area contributed by atoms with Crippen LogP contribution < -0.4 is 5.32 Å². The maximum absolute atomic E-state index is 11.8. The summed E-state index contributed by atoms with van der Waals surface area (Å²) in [5.74, 6) is -0.331. The van der Waals surface area contributed by atoms with E-state index in [4.69, 9.17) is 5.26 Å². The van der Waals surface area contributed by atoms with E-state index in [1.54, 1.807) is 20.0 Å². The van der Waals surface area contributed by atoms with Crippen molar-refractivity contribution in [3.8, 4) is 6.07 Å². The van der Waals surface area contributed by atoms with Crippen LogP contribution in [0.15, 0.2) is 36.5 Å². The molecule has 0 aliphatic carbocycles. The summed E-state index contributed by atoms with van der Waals surface area (Å²) in [6.45, 7) is 3.16. The van der Waals surface area contributed by atoms with Crippen LogP contribution in [0.25, 0.3) is 10.9 Å². The van der Waals surface area contributed by atoms with Gasteiger partial charge in [0.15, 0.2) is 0 Å². The third kappa shape index (κ3) is 2.30. The molecule has 1 N–H and O–H groups in total. The van der Waals surface area contributed by atoms with Gasteiger partial charge < -0.3 is 5.32 Å². The molecule has 4 heteroatoms. The number of pyridine rings is 1. The monoisotopic (exact) mass is 239 g/mol. The predicted molar refractivity (Wildman–Crippen MR) is 69.8 cm³/mol. The lowest BCUT2D eigenvalue weighted by Gasteiger charge is -2.14. The number of nitriles is 1. The molecule has 1 aromatic heterocycles. The third-order valence-electron chi connectivity index (χ3n) is 2.70.